The van der Waals surface area contributed by atoms with Gasteiger partial charge in [0, 0.05) is 37.5 Å². The van der Waals surface area contributed by atoms with Crippen LogP contribution in [0.15, 0.2) is 30.3 Å². The van der Waals surface area contributed by atoms with Gasteiger partial charge in [0.2, 0.25) is 0 Å². The Kier molecular flexibility index (Phi) is 5.71. The Morgan fingerprint density at radius 2 is 2.00 bits per heavy atom. The van der Waals surface area contributed by atoms with Crippen LogP contribution in [0.1, 0.15) is 49.3 Å². The Labute approximate surface area is 160 Å². The van der Waals surface area contributed by atoms with Crippen LogP contribution in [0.3, 0.4) is 0 Å². The SMILES string of the molecule is Clc1cccc(C2=CCN(CCCc3nnc4n3CCCCC4)CC2)c1. The van der Waals surface area contributed by atoms with E-state index < -0.39 is 0 Å². The first-order valence-corrected chi connectivity index (χ1v) is 10.3. The summed E-state index contributed by atoms with van der Waals surface area (Å²) in [4.78, 5) is 2.54. The second-order valence-corrected chi connectivity index (χ2v) is 7.83. The zero-order valence-corrected chi connectivity index (χ0v) is 16.1. The first-order valence-electron chi connectivity index (χ1n) is 9.88. The van der Waals surface area contributed by atoms with E-state index in [9.17, 15) is 0 Å². The lowest BCUT2D eigenvalue weighted by Crippen LogP contribution is -2.29. The highest BCUT2D eigenvalue weighted by Gasteiger charge is 2.16. The van der Waals surface area contributed by atoms with Crippen molar-refractivity contribution >= 4 is 17.2 Å². The Morgan fingerprint density at radius 1 is 1.04 bits per heavy atom. The van der Waals surface area contributed by atoms with Gasteiger partial charge in [-0.3, -0.25) is 4.90 Å². The first kappa shape index (κ1) is 17.7. The third-order valence-corrected chi connectivity index (χ3v) is 5.78. The second kappa shape index (κ2) is 8.36. The molecule has 0 atom stereocenters. The number of aromatic nitrogens is 3. The molecule has 0 unspecified atom stereocenters. The number of rotatable bonds is 5. The fourth-order valence-corrected chi connectivity index (χ4v) is 4.25. The first-order chi connectivity index (χ1) is 12.8. The van der Waals surface area contributed by atoms with Crippen LogP contribution < -0.4 is 0 Å². The van der Waals surface area contributed by atoms with Crippen LogP contribution >= 0.6 is 11.6 Å². The highest BCUT2D eigenvalue weighted by atomic mass is 35.5. The van der Waals surface area contributed by atoms with Crippen LogP contribution in [0.25, 0.3) is 5.57 Å². The van der Waals surface area contributed by atoms with Crippen LogP contribution in [-0.2, 0) is 19.4 Å². The molecule has 0 amide bonds. The van der Waals surface area contributed by atoms with Crippen molar-refractivity contribution in [2.45, 2.75) is 51.5 Å². The Hall–Kier alpha value is -1.65. The lowest BCUT2D eigenvalue weighted by molar-refractivity contribution is 0.296. The maximum Gasteiger partial charge on any atom is 0.133 e. The van der Waals surface area contributed by atoms with Crippen LogP contribution in [-0.4, -0.2) is 39.3 Å². The normalized spacial score (nSPS) is 18.3. The highest BCUT2D eigenvalue weighted by molar-refractivity contribution is 6.30. The summed E-state index contributed by atoms with van der Waals surface area (Å²) in [6, 6.07) is 8.20. The van der Waals surface area contributed by atoms with Crippen LogP contribution in [0.5, 0.6) is 0 Å². The summed E-state index contributed by atoms with van der Waals surface area (Å²) in [5.41, 5.74) is 2.69. The maximum absolute atomic E-state index is 6.12. The molecule has 0 saturated carbocycles. The summed E-state index contributed by atoms with van der Waals surface area (Å²) < 4.78 is 2.38. The van der Waals surface area contributed by atoms with E-state index in [2.05, 4.69) is 37.9 Å². The topological polar surface area (TPSA) is 34.0 Å². The molecule has 2 aromatic rings. The largest absolute Gasteiger partial charge is 0.315 e. The number of hydrogen-bond donors (Lipinski definition) is 0. The van der Waals surface area contributed by atoms with Gasteiger partial charge >= 0.3 is 0 Å². The summed E-state index contributed by atoms with van der Waals surface area (Å²) in [6.45, 7) is 4.38. The monoisotopic (exact) mass is 370 g/mol. The zero-order chi connectivity index (χ0) is 17.8. The minimum Gasteiger partial charge on any atom is -0.315 e. The molecular weight excluding hydrogens is 344 g/mol. The van der Waals surface area contributed by atoms with Gasteiger partial charge in [0.15, 0.2) is 0 Å². The molecule has 0 aliphatic carbocycles. The molecule has 0 N–H and O–H groups in total. The Morgan fingerprint density at radius 3 is 2.85 bits per heavy atom. The van der Waals surface area contributed by atoms with Gasteiger partial charge in [-0.05, 0) is 55.5 Å². The van der Waals surface area contributed by atoms with E-state index in [0.717, 1.165) is 56.9 Å². The molecule has 1 aromatic carbocycles. The third-order valence-electron chi connectivity index (χ3n) is 5.55. The summed E-state index contributed by atoms with van der Waals surface area (Å²) in [7, 11) is 0. The molecule has 0 saturated heterocycles. The van der Waals surface area contributed by atoms with Crippen molar-refractivity contribution < 1.29 is 0 Å². The maximum atomic E-state index is 6.12. The lowest BCUT2D eigenvalue weighted by atomic mass is 9.99. The molecule has 1 aromatic heterocycles. The number of fused-ring (bicyclic) bond motifs is 1. The van der Waals surface area contributed by atoms with E-state index in [1.54, 1.807) is 0 Å². The van der Waals surface area contributed by atoms with Gasteiger partial charge in [0.25, 0.3) is 0 Å². The molecule has 4 nitrogen and oxygen atoms in total. The average Bonchev–Trinajstić information content (AvgIpc) is 2.89. The summed E-state index contributed by atoms with van der Waals surface area (Å²) in [5.74, 6) is 2.39. The van der Waals surface area contributed by atoms with Crippen molar-refractivity contribution in [3.8, 4) is 0 Å². The Bertz CT molecular complexity index is 780. The summed E-state index contributed by atoms with van der Waals surface area (Å²) >= 11 is 6.12. The van der Waals surface area contributed by atoms with Crippen molar-refractivity contribution in [1.29, 1.82) is 0 Å². The van der Waals surface area contributed by atoms with Gasteiger partial charge in [-0.25, -0.2) is 0 Å². The summed E-state index contributed by atoms with van der Waals surface area (Å²) in [5, 5.41) is 9.68. The van der Waals surface area contributed by atoms with Gasteiger partial charge in [-0.1, -0.05) is 36.2 Å². The molecule has 26 heavy (non-hydrogen) atoms. The predicted octanol–water partition coefficient (Wildman–Crippen LogP) is 4.38. The fraction of sp³-hybridized carbons (Fsp3) is 0.524. The molecule has 0 spiro atoms. The number of benzene rings is 1. The summed E-state index contributed by atoms with van der Waals surface area (Å²) in [6.07, 6.45) is 10.6. The van der Waals surface area contributed by atoms with E-state index in [1.807, 2.05) is 12.1 Å². The Balaban J connectivity index is 1.28. The number of halogens is 1. The molecule has 138 valence electrons. The average molecular weight is 371 g/mol. The third kappa shape index (κ3) is 4.18. The van der Waals surface area contributed by atoms with E-state index in [0.29, 0.717) is 0 Å². The standard InChI is InChI=1S/C21H27ClN4/c22-19-7-4-6-18(16-19)17-10-14-25(15-11-17)12-5-9-21-24-23-20-8-2-1-3-13-26(20)21/h4,6-7,10,16H,1-3,5,8-9,11-15H2. The number of hydrogen-bond acceptors (Lipinski definition) is 3. The molecule has 0 fully saturated rings. The van der Waals surface area contributed by atoms with E-state index >= 15 is 0 Å². The van der Waals surface area contributed by atoms with Crippen molar-refractivity contribution in [3.05, 3.63) is 52.6 Å². The molecule has 5 heteroatoms. The molecule has 0 bridgehead atoms. The van der Waals surface area contributed by atoms with Gasteiger partial charge in [0.1, 0.15) is 11.6 Å². The lowest BCUT2D eigenvalue weighted by Gasteiger charge is -2.26. The van der Waals surface area contributed by atoms with E-state index in [1.165, 1.54) is 42.0 Å². The smallest absolute Gasteiger partial charge is 0.133 e. The van der Waals surface area contributed by atoms with E-state index in [-0.39, 0.29) is 0 Å². The van der Waals surface area contributed by atoms with Crippen molar-refractivity contribution in [2.24, 2.45) is 0 Å². The minimum atomic E-state index is 0.818. The second-order valence-electron chi connectivity index (χ2n) is 7.39. The van der Waals surface area contributed by atoms with E-state index in [4.69, 9.17) is 11.6 Å². The van der Waals surface area contributed by atoms with Crippen LogP contribution in [0.4, 0.5) is 0 Å². The van der Waals surface area contributed by atoms with Crippen molar-refractivity contribution in [1.82, 2.24) is 19.7 Å². The van der Waals surface area contributed by atoms with Crippen molar-refractivity contribution in [2.75, 3.05) is 19.6 Å². The minimum absolute atomic E-state index is 0.818. The van der Waals surface area contributed by atoms with Gasteiger partial charge in [0.05, 0.1) is 0 Å². The molecular formula is C21H27ClN4. The number of aryl methyl sites for hydroxylation is 2. The molecule has 0 radical (unpaired) electrons. The molecule has 4 rings (SSSR count). The molecule has 2 aliphatic heterocycles. The van der Waals surface area contributed by atoms with Crippen molar-refractivity contribution in [3.63, 3.8) is 0 Å². The number of nitrogens with zero attached hydrogens (tertiary/aromatic N) is 4. The molecule has 2 aliphatic rings. The fourth-order valence-electron chi connectivity index (χ4n) is 4.06. The van der Waals surface area contributed by atoms with Crippen LogP contribution in [0.2, 0.25) is 5.02 Å². The zero-order valence-electron chi connectivity index (χ0n) is 15.3. The van der Waals surface area contributed by atoms with Gasteiger partial charge < -0.3 is 4.57 Å². The quantitative estimate of drug-likeness (QED) is 0.783. The predicted molar refractivity (Wildman–Crippen MR) is 106 cm³/mol. The van der Waals surface area contributed by atoms with Crippen LogP contribution in [0, 0.1) is 0 Å². The highest BCUT2D eigenvalue weighted by Crippen LogP contribution is 2.24. The van der Waals surface area contributed by atoms with Gasteiger partial charge in [-0.15, -0.1) is 10.2 Å². The molecule has 3 heterocycles. The van der Waals surface area contributed by atoms with Gasteiger partial charge in [-0.2, -0.15) is 0 Å².